The fourth-order valence-corrected chi connectivity index (χ4v) is 1.55. The molecule has 0 unspecified atom stereocenters. The number of benzene rings is 2. The molecule has 2 aromatic carbocycles. The molecule has 13 heavy (non-hydrogen) atoms. The van der Waals surface area contributed by atoms with Crippen LogP contribution >= 0.6 is 0 Å². The van der Waals surface area contributed by atoms with Gasteiger partial charge in [0, 0.05) is 0 Å². The number of hydrogen-bond donors (Lipinski definition) is 1. The van der Waals surface area contributed by atoms with E-state index >= 15 is 0 Å². The molecular weight excluding hydrogens is 159 g/mol. The lowest BCUT2D eigenvalue weighted by molar-refractivity contribution is 0.283. The molecule has 0 aliphatic carbocycles. The summed E-state index contributed by atoms with van der Waals surface area (Å²) in [5, 5.41) is 11.2. The molecule has 0 heterocycles. The summed E-state index contributed by atoms with van der Waals surface area (Å²) < 4.78 is 0. The van der Waals surface area contributed by atoms with Gasteiger partial charge in [-0.1, -0.05) is 41.9 Å². The Kier molecular flexibility index (Phi) is 2.07. The topological polar surface area (TPSA) is 20.2 Å². The fourth-order valence-electron chi connectivity index (χ4n) is 1.55. The van der Waals surface area contributed by atoms with Crippen LogP contribution in [-0.4, -0.2) is 13.0 Å². The maximum absolute atomic E-state index is 9.10. The molecule has 2 heteroatoms. The summed E-state index contributed by atoms with van der Waals surface area (Å²) >= 11 is 0. The van der Waals surface area contributed by atoms with E-state index < -0.39 is 0 Å². The van der Waals surface area contributed by atoms with Crippen LogP contribution in [0, 0.1) is 0 Å². The van der Waals surface area contributed by atoms with Crippen LogP contribution < -0.4 is 5.46 Å². The lowest BCUT2D eigenvalue weighted by Gasteiger charge is -2.05. The van der Waals surface area contributed by atoms with Crippen molar-refractivity contribution in [2.75, 3.05) is 0 Å². The Bertz CT molecular complexity index is 437. The summed E-state index contributed by atoms with van der Waals surface area (Å²) in [5.41, 5.74) is 1.58. The van der Waals surface area contributed by atoms with Crippen LogP contribution in [0.1, 0.15) is 5.56 Å². The van der Waals surface area contributed by atoms with E-state index in [9.17, 15) is 0 Å². The molecule has 2 rings (SSSR count). The highest BCUT2D eigenvalue weighted by Crippen LogP contribution is 2.16. The zero-order valence-corrected chi connectivity index (χ0v) is 7.20. The average Bonchev–Trinajstić information content (AvgIpc) is 2.16. The third-order valence-electron chi connectivity index (χ3n) is 2.14. The van der Waals surface area contributed by atoms with E-state index in [0.717, 1.165) is 16.3 Å². The molecule has 0 bridgehead atoms. The predicted octanol–water partition coefficient (Wildman–Crippen LogP) is 1.13. The van der Waals surface area contributed by atoms with Gasteiger partial charge < -0.3 is 5.11 Å². The third-order valence-corrected chi connectivity index (χ3v) is 2.14. The number of hydrogen-bond acceptors (Lipinski definition) is 1. The van der Waals surface area contributed by atoms with Gasteiger partial charge in [-0.25, -0.2) is 0 Å². The SMILES string of the molecule is [B]c1cc(CO)c2ccccc2c1. The smallest absolute Gasteiger partial charge is 0.113 e. The standard InChI is InChI=1S/C11H9BO/c12-10-5-8-3-1-2-4-11(8)9(6-10)7-13/h1-6,13H,7H2. The number of aliphatic hydroxyl groups excluding tert-OH is 1. The molecule has 0 amide bonds. The minimum atomic E-state index is 0.0333. The fraction of sp³-hybridized carbons (Fsp3) is 0.0909. The summed E-state index contributed by atoms with van der Waals surface area (Å²) in [6, 6.07) is 11.6. The highest BCUT2D eigenvalue weighted by Gasteiger charge is 1.99. The van der Waals surface area contributed by atoms with Gasteiger partial charge in [0.25, 0.3) is 0 Å². The number of rotatable bonds is 1. The van der Waals surface area contributed by atoms with Gasteiger partial charge in [-0.2, -0.15) is 0 Å². The van der Waals surface area contributed by atoms with Crippen LogP contribution in [0.15, 0.2) is 36.4 Å². The zero-order chi connectivity index (χ0) is 9.26. The average molecular weight is 168 g/mol. The Morgan fingerprint density at radius 1 is 1.15 bits per heavy atom. The van der Waals surface area contributed by atoms with Crippen LogP contribution in [0.5, 0.6) is 0 Å². The Hall–Kier alpha value is -1.28. The van der Waals surface area contributed by atoms with E-state index in [1.54, 1.807) is 0 Å². The molecule has 0 aromatic heterocycles. The minimum Gasteiger partial charge on any atom is -0.392 e. The monoisotopic (exact) mass is 168 g/mol. The van der Waals surface area contributed by atoms with Gasteiger partial charge in [-0.3, -0.25) is 0 Å². The van der Waals surface area contributed by atoms with Crippen LogP contribution in [0.4, 0.5) is 0 Å². The molecule has 0 fully saturated rings. The van der Waals surface area contributed by atoms with Crippen molar-refractivity contribution >= 4 is 24.1 Å². The highest BCUT2D eigenvalue weighted by molar-refractivity contribution is 6.33. The van der Waals surface area contributed by atoms with Gasteiger partial charge in [0.15, 0.2) is 0 Å². The zero-order valence-electron chi connectivity index (χ0n) is 7.20. The lowest BCUT2D eigenvalue weighted by atomic mass is 9.90. The van der Waals surface area contributed by atoms with Crippen LogP contribution in [-0.2, 0) is 6.61 Å². The van der Waals surface area contributed by atoms with Gasteiger partial charge in [0.1, 0.15) is 7.85 Å². The largest absolute Gasteiger partial charge is 0.392 e. The Labute approximate surface area is 78.4 Å². The third kappa shape index (κ3) is 1.45. The van der Waals surface area contributed by atoms with Crippen molar-refractivity contribution in [1.82, 2.24) is 0 Å². The maximum Gasteiger partial charge on any atom is 0.113 e. The molecule has 0 aliphatic rings. The summed E-state index contributed by atoms with van der Waals surface area (Å²) in [7, 11) is 5.69. The summed E-state index contributed by atoms with van der Waals surface area (Å²) in [6.45, 7) is 0.0333. The van der Waals surface area contributed by atoms with E-state index in [1.807, 2.05) is 36.4 Å². The van der Waals surface area contributed by atoms with Gasteiger partial charge in [0.05, 0.1) is 6.61 Å². The van der Waals surface area contributed by atoms with E-state index in [1.165, 1.54) is 0 Å². The normalized spacial score (nSPS) is 10.5. The van der Waals surface area contributed by atoms with Gasteiger partial charge in [-0.15, -0.1) is 0 Å². The van der Waals surface area contributed by atoms with E-state index in [2.05, 4.69) is 0 Å². The minimum absolute atomic E-state index is 0.0333. The summed E-state index contributed by atoms with van der Waals surface area (Å²) in [4.78, 5) is 0. The highest BCUT2D eigenvalue weighted by atomic mass is 16.3. The summed E-state index contributed by atoms with van der Waals surface area (Å²) in [6.07, 6.45) is 0. The Morgan fingerprint density at radius 3 is 2.69 bits per heavy atom. The second-order valence-electron chi connectivity index (χ2n) is 3.06. The summed E-state index contributed by atoms with van der Waals surface area (Å²) in [5.74, 6) is 0. The number of fused-ring (bicyclic) bond motifs is 1. The van der Waals surface area contributed by atoms with Crippen molar-refractivity contribution in [1.29, 1.82) is 0 Å². The molecule has 62 valence electrons. The molecule has 2 aromatic rings. The molecular formula is C11H9BO. The molecule has 0 saturated heterocycles. The molecule has 0 aliphatic heterocycles. The first-order chi connectivity index (χ1) is 6.31. The van der Waals surface area contributed by atoms with E-state index in [0.29, 0.717) is 5.46 Å². The van der Waals surface area contributed by atoms with Crippen molar-refractivity contribution in [2.24, 2.45) is 0 Å². The van der Waals surface area contributed by atoms with Gasteiger partial charge in [0.2, 0.25) is 0 Å². The predicted molar refractivity (Wildman–Crippen MR) is 55.3 cm³/mol. The van der Waals surface area contributed by atoms with Gasteiger partial charge >= 0.3 is 0 Å². The Morgan fingerprint density at radius 2 is 1.92 bits per heavy atom. The molecule has 0 saturated carbocycles. The van der Waals surface area contributed by atoms with Crippen LogP contribution in [0.3, 0.4) is 0 Å². The van der Waals surface area contributed by atoms with Crippen molar-refractivity contribution in [3.05, 3.63) is 42.0 Å². The van der Waals surface area contributed by atoms with Crippen LogP contribution in [0.25, 0.3) is 10.8 Å². The van der Waals surface area contributed by atoms with Gasteiger partial charge in [-0.05, 0) is 16.3 Å². The number of aliphatic hydroxyl groups is 1. The van der Waals surface area contributed by atoms with Crippen LogP contribution in [0.2, 0.25) is 0 Å². The first-order valence-corrected chi connectivity index (χ1v) is 4.19. The quantitative estimate of drug-likeness (QED) is 0.632. The van der Waals surface area contributed by atoms with E-state index in [4.69, 9.17) is 13.0 Å². The van der Waals surface area contributed by atoms with Crippen molar-refractivity contribution in [3.63, 3.8) is 0 Å². The second-order valence-corrected chi connectivity index (χ2v) is 3.06. The second kappa shape index (κ2) is 3.23. The first-order valence-electron chi connectivity index (χ1n) is 4.19. The first kappa shape index (κ1) is 8.33. The van der Waals surface area contributed by atoms with Crippen molar-refractivity contribution < 1.29 is 5.11 Å². The molecule has 0 atom stereocenters. The molecule has 0 spiro atoms. The van der Waals surface area contributed by atoms with Crippen molar-refractivity contribution in [2.45, 2.75) is 6.61 Å². The molecule has 1 nitrogen and oxygen atoms in total. The van der Waals surface area contributed by atoms with Crippen molar-refractivity contribution in [3.8, 4) is 0 Å². The maximum atomic E-state index is 9.10. The Balaban J connectivity index is 2.81. The molecule has 1 N–H and O–H groups in total. The lowest BCUT2D eigenvalue weighted by Crippen LogP contribution is -2.03. The van der Waals surface area contributed by atoms with E-state index in [-0.39, 0.29) is 6.61 Å². The molecule has 2 radical (unpaired) electrons.